The van der Waals surface area contributed by atoms with Crippen LogP contribution in [-0.2, 0) is 0 Å². The Kier molecular flexibility index (Phi) is 3.33. The van der Waals surface area contributed by atoms with Gasteiger partial charge in [-0.05, 0) is 5.56 Å². The van der Waals surface area contributed by atoms with Crippen LogP contribution < -0.4 is 5.73 Å². The van der Waals surface area contributed by atoms with E-state index in [1.807, 2.05) is 0 Å². The Hall–Kier alpha value is -1.00. The average Bonchev–Trinajstić information content (AvgIpc) is 2.16. The largest absolute Gasteiger partial charge is 0.394 e. The fourth-order valence-corrected chi connectivity index (χ4v) is 1.15. The number of nitrogens with two attached hydrogens (primary N) is 1. The van der Waals surface area contributed by atoms with Gasteiger partial charge in [-0.3, -0.25) is 0 Å². The third-order valence-corrected chi connectivity index (χ3v) is 1.83. The third kappa shape index (κ3) is 2.23. The van der Waals surface area contributed by atoms with Gasteiger partial charge in [0.15, 0.2) is 0 Å². The lowest BCUT2D eigenvalue weighted by Gasteiger charge is -2.13. The molecular formula is C9H11F2NO. The van der Waals surface area contributed by atoms with Crippen LogP contribution in [0.3, 0.4) is 0 Å². The molecule has 0 radical (unpaired) electrons. The van der Waals surface area contributed by atoms with Crippen molar-refractivity contribution < 1.29 is 13.9 Å². The Balaban J connectivity index is 3.04. The van der Waals surface area contributed by atoms with Gasteiger partial charge >= 0.3 is 0 Å². The lowest BCUT2D eigenvalue weighted by molar-refractivity contribution is 0.148. The van der Waals surface area contributed by atoms with Gasteiger partial charge in [-0.2, -0.15) is 0 Å². The molecule has 4 heteroatoms. The van der Waals surface area contributed by atoms with Crippen LogP contribution in [0.15, 0.2) is 24.3 Å². The van der Waals surface area contributed by atoms with Crippen molar-refractivity contribution in [1.82, 2.24) is 0 Å². The predicted octanol–water partition coefficient (Wildman–Crippen LogP) is 1.62. The van der Waals surface area contributed by atoms with Gasteiger partial charge in [0, 0.05) is 5.56 Å². The predicted molar refractivity (Wildman–Crippen MR) is 45.4 cm³/mol. The summed E-state index contributed by atoms with van der Waals surface area (Å²) in [5, 5.41) is 8.72. The molecule has 1 atom stereocenters. The first kappa shape index (κ1) is 10.1. The molecule has 0 spiro atoms. The molecule has 2 nitrogen and oxygen atoms in total. The Bertz CT molecular complexity index is 278. The van der Waals surface area contributed by atoms with Crippen molar-refractivity contribution in [3.05, 3.63) is 35.4 Å². The number of hydrogen-bond donors (Lipinski definition) is 2. The summed E-state index contributed by atoms with van der Waals surface area (Å²) in [5.41, 5.74) is 5.65. The molecule has 13 heavy (non-hydrogen) atoms. The van der Waals surface area contributed by atoms with Crippen LogP contribution >= 0.6 is 0 Å². The molecule has 1 aromatic carbocycles. The Morgan fingerprint density at radius 2 is 1.77 bits per heavy atom. The second-order valence-corrected chi connectivity index (χ2v) is 2.72. The van der Waals surface area contributed by atoms with Crippen molar-refractivity contribution in [2.24, 2.45) is 5.73 Å². The molecule has 0 saturated carbocycles. The van der Waals surface area contributed by atoms with Crippen molar-refractivity contribution >= 4 is 0 Å². The second kappa shape index (κ2) is 4.30. The average molecular weight is 187 g/mol. The highest BCUT2D eigenvalue weighted by molar-refractivity contribution is 5.30. The molecule has 0 fully saturated rings. The lowest BCUT2D eigenvalue weighted by Crippen LogP contribution is -2.16. The minimum Gasteiger partial charge on any atom is -0.394 e. The summed E-state index contributed by atoms with van der Waals surface area (Å²) in [4.78, 5) is 0. The van der Waals surface area contributed by atoms with Gasteiger partial charge in [0.05, 0.1) is 12.6 Å². The minimum absolute atomic E-state index is 0.107. The van der Waals surface area contributed by atoms with Gasteiger partial charge in [-0.25, -0.2) is 8.78 Å². The molecule has 0 aromatic heterocycles. The number of halogens is 2. The summed E-state index contributed by atoms with van der Waals surface area (Å²) in [7, 11) is 0. The van der Waals surface area contributed by atoms with E-state index in [9.17, 15) is 8.78 Å². The standard InChI is InChI=1S/C9H11F2NO/c10-9(11)7-4-2-1-3-6(7)8(12)5-13/h1-4,8-9,13H,5,12H2/t8-/m0/s1. The normalized spacial score (nSPS) is 13.3. The molecule has 72 valence electrons. The zero-order valence-corrected chi connectivity index (χ0v) is 6.95. The molecule has 0 aliphatic heterocycles. The summed E-state index contributed by atoms with van der Waals surface area (Å²) in [6.45, 7) is -0.330. The van der Waals surface area contributed by atoms with Crippen molar-refractivity contribution in [3.8, 4) is 0 Å². The van der Waals surface area contributed by atoms with E-state index in [0.29, 0.717) is 5.56 Å². The number of rotatable bonds is 3. The monoisotopic (exact) mass is 187 g/mol. The summed E-state index contributed by atoms with van der Waals surface area (Å²) in [5.74, 6) is 0. The first-order valence-electron chi connectivity index (χ1n) is 3.90. The van der Waals surface area contributed by atoms with E-state index in [0.717, 1.165) is 0 Å². The van der Waals surface area contributed by atoms with Crippen molar-refractivity contribution in [2.45, 2.75) is 12.5 Å². The summed E-state index contributed by atoms with van der Waals surface area (Å²) >= 11 is 0. The SMILES string of the molecule is N[C@@H](CO)c1ccccc1C(F)F. The van der Waals surface area contributed by atoms with E-state index < -0.39 is 12.5 Å². The molecule has 3 N–H and O–H groups in total. The van der Waals surface area contributed by atoms with Gasteiger partial charge in [0.2, 0.25) is 0 Å². The quantitative estimate of drug-likeness (QED) is 0.755. The van der Waals surface area contributed by atoms with Crippen LogP contribution in [-0.4, -0.2) is 11.7 Å². The fraction of sp³-hybridized carbons (Fsp3) is 0.333. The van der Waals surface area contributed by atoms with Crippen LogP contribution in [0.4, 0.5) is 8.78 Å². The Morgan fingerprint density at radius 3 is 2.23 bits per heavy atom. The van der Waals surface area contributed by atoms with Gasteiger partial charge in [-0.1, -0.05) is 24.3 Å². The molecule has 0 heterocycles. The fourth-order valence-electron chi connectivity index (χ4n) is 1.15. The summed E-state index contributed by atoms with van der Waals surface area (Å²) in [6, 6.07) is 5.23. The maximum absolute atomic E-state index is 12.4. The molecule has 0 aliphatic rings. The molecule has 0 bridgehead atoms. The van der Waals surface area contributed by atoms with Gasteiger partial charge < -0.3 is 10.8 Å². The Labute approximate surface area is 75.0 Å². The third-order valence-electron chi connectivity index (χ3n) is 1.83. The maximum Gasteiger partial charge on any atom is 0.264 e. The first-order valence-corrected chi connectivity index (χ1v) is 3.90. The van der Waals surface area contributed by atoms with Crippen molar-refractivity contribution in [1.29, 1.82) is 0 Å². The van der Waals surface area contributed by atoms with E-state index in [1.165, 1.54) is 18.2 Å². The highest BCUT2D eigenvalue weighted by Crippen LogP contribution is 2.25. The van der Waals surface area contributed by atoms with Crippen LogP contribution in [0.2, 0.25) is 0 Å². The van der Waals surface area contributed by atoms with Crippen LogP contribution in [0, 0.1) is 0 Å². The van der Waals surface area contributed by atoms with Crippen molar-refractivity contribution in [3.63, 3.8) is 0 Å². The summed E-state index contributed by atoms with van der Waals surface area (Å²) < 4.78 is 24.8. The molecule has 1 aromatic rings. The molecule has 0 unspecified atom stereocenters. The smallest absolute Gasteiger partial charge is 0.264 e. The highest BCUT2D eigenvalue weighted by atomic mass is 19.3. The van der Waals surface area contributed by atoms with Gasteiger partial charge in [0.1, 0.15) is 0 Å². The molecular weight excluding hydrogens is 176 g/mol. The van der Waals surface area contributed by atoms with Crippen LogP contribution in [0.25, 0.3) is 0 Å². The van der Waals surface area contributed by atoms with Crippen LogP contribution in [0.5, 0.6) is 0 Å². The lowest BCUT2D eigenvalue weighted by atomic mass is 10.0. The first-order chi connectivity index (χ1) is 6.16. The number of alkyl halides is 2. The van der Waals surface area contributed by atoms with Crippen molar-refractivity contribution in [2.75, 3.05) is 6.61 Å². The number of aliphatic hydroxyl groups excluding tert-OH is 1. The van der Waals surface area contributed by atoms with E-state index in [2.05, 4.69) is 0 Å². The maximum atomic E-state index is 12.4. The molecule has 0 amide bonds. The van der Waals surface area contributed by atoms with E-state index in [4.69, 9.17) is 10.8 Å². The van der Waals surface area contributed by atoms with E-state index in [-0.39, 0.29) is 12.2 Å². The zero-order chi connectivity index (χ0) is 9.84. The summed E-state index contributed by atoms with van der Waals surface area (Å²) in [6.07, 6.45) is -2.55. The van der Waals surface area contributed by atoms with E-state index >= 15 is 0 Å². The molecule has 0 saturated heterocycles. The Morgan fingerprint density at radius 1 is 1.23 bits per heavy atom. The second-order valence-electron chi connectivity index (χ2n) is 2.72. The number of aliphatic hydroxyl groups is 1. The topological polar surface area (TPSA) is 46.2 Å². The van der Waals surface area contributed by atoms with E-state index in [1.54, 1.807) is 6.07 Å². The van der Waals surface area contributed by atoms with Gasteiger partial charge in [-0.15, -0.1) is 0 Å². The number of benzene rings is 1. The van der Waals surface area contributed by atoms with Crippen LogP contribution in [0.1, 0.15) is 23.6 Å². The minimum atomic E-state index is -2.55. The van der Waals surface area contributed by atoms with Gasteiger partial charge in [0.25, 0.3) is 6.43 Å². The highest BCUT2D eigenvalue weighted by Gasteiger charge is 2.15. The zero-order valence-electron chi connectivity index (χ0n) is 6.95. The molecule has 1 rings (SSSR count). The number of hydrogen-bond acceptors (Lipinski definition) is 2. The molecule has 0 aliphatic carbocycles.